The maximum absolute atomic E-state index is 15.0. The van der Waals surface area contributed by atoms with E-state index in [1.807, 2.05) is 0 Å². The van der Waals surface area contributed by atoms with Crippen LogP contribution in [0.3, 0.4) is 0 Å². The summed E-state index contributed by atoms with van der Waals surface area (Å²) in [6.45, 7) is 1.77. The zero-order valence-corrected chi connectivity index (χ0v) is 19.5. The van der Waals surface area contributed by atoms with Crippen molar-refractivity contribution in [3.8, 4) is 6.07 Å². The lowest BCUT2D eigenvalue weighted by Crippen LogP contribution is -2.39. The second-order valence-corrected chi connectivity index (χ2v) is 8.36. The highest BCUT2D eigenvalue weighted by Gasteiger charge is 2.43. The second-order valence-electron chi connectivity index (χ2n) is 8.36. The zero-order chi connectivity index (χ0) is 25.6. The van der Waals surface area contributed by atoms with Gasteiger partial charge in [-0.15, -0.1) is 0 Å². The van der Waals surface area contributed by atoms with Crippen LogP contribution in [0.1, 0.15) is 35.4 Å². The van der Waals surface area contributed by atoms with Crippen molar-refractivity contribution in [3.63, 3.8) is 0 Å². The molecule has 3 heterocycles. The van der Waals surface area contributed by atoms with Gasteiger partial charge in [0.25, 0.3) is 12.4 Å². The summed E-state index contributed by atoms with van der Waals surface area (Å²) in [7, 11) is 3.11. The van der Waals surface area contributed by atoms with Crippen LogP contribution in [-0.4, -0.2) is 54.4 Å². The van der Waals surface area contributed by atoms with Gasteiger partial charge in [0.2, 0.25) is 0 Å². The Labute approximate surface area is 200 Å². The summed E-state index contributed by atoms with van der Waals surface area (Å²) < 4.78 is 48.8. The van der Waals surface area contributed by atoms with E-state index in [1.165, 1.54) is 28.8 Å². The molecule has 1 atom stereocenters. The molecule has 0 fully saturated rings. The minimum atomic E-state index is -3.01. The van der Waals surface area contributed by atoms with Gasteiger partial charge in [0.15, 0.2) is 0 Å². The number of fused-ring (bicyclic) bond motifs is 3. The van der Waals surface area contributed by atoms with E-state index in [2.05, 4.69) is 20.5 Å². The Hall–Kier alpha value is -3.59. The Balaban J connectivity index is 0.000000795. The van der Waals surface area contributed by atoms with E-state index >= 15 is 8.78 Å². The highest BCUT2D eigenvalue weighted by atomic mass is 19.3. The predicted octanol–water partition coefficient (Wildman–Crippen LogP) is 2.99. The van der Waals surface area contributed by atoms with E-state index < -0.39 is 17.8 Å². The number of nitrogens with zero attached hydrogens (tertiary/aromatic N) is 4. The molecule has 2 aliphatic rings. The number of hydrogen-bond acceptors (Lipinski definition) is 6. The van der Waals surface area contributed by atoms with Crippen molar-refractivity contribution < 1.29 is 27.5 Å². The maximum atomic E-state index is 15.0. The number of nitrogens with one attached hydrogen (secondary N) is 2. The van der Waals surface area contributed by atoms with Crippen molar-refractivity contribution in [2.45, 2.75) is 38.3 Å². The predicted molar refractivity (Wildman–Crippen MR) is 120 cm³/mol. The molecule has 188 valence electrons. The van der Waals surface area contributed by atoms with Crippen LogP contribution >= 0.6 is 0 Å². The van der Waals surface area contributed by atoms with Crippen LogP contribution in [0, 0.1) is 23.1 Å². The summed E-state index contributed by atoms with van der Waals surface area (Å²) in [5.41, 5.74) is 1.01. The molecule has 1 aromatic heterocycles. The molecule has 0 radical (unpaired) electrons. The van der Waals surface area contributed by atoms with Crippen LogP contribution in [0.5, 0.6) is 0 Å². The normalized spacial score (nSPS) is 18.1. The van der Waals surface area contributed by atoms with Gasteiger partial charge in [-0.2, -0.15) is 19.1 Å². The summed E-state index contributed by atoms with van der Waals surface area (Å²) >= 11 is 0. The first-order valence-corrected chi connectivity index (χ1v) is 11.1. The monoisotopic (exact) mass is 492 g/mol. The van der Waals surface area contributed by atoms with Gasteiger partial charge in [0, 0.05) is 37.2 Å². The number of urea groups is 1. The quantitative estimate of drug-likeness (QED) is 0.635. The number of carbonyl (C=O) groups excluding carboxylic acids is 2. The highest BCUT2D eigenvalue weighted by molar-refractivity contribution is 5.89. The van der Waals surface area contributed by atoms with E-state index in [1.54, 1.807) is 13.1 Å². The van der Waals surface area contributed by atoms with Crippen LogP contribution in [0.2, 0.25) is 0 Å². The number of hydrogen-bond donors (Lipinski definition) is 2. The first-order chi connectivity index (χ1) is 16.7. The van der Waals surface area contributed by atoms with Crippen molar-refractivity contribution in [3.05, 3.63) is 46.5 Å². The fourth-order valence-electron chi connectivity index (χ4n) is 4.33. The second kappa shape index (κ2) is 11.2. The van der Waals surface area contributed by atoms with E-state index in [4.69, 9.17) is 10.1 Å². The van der Waals surface area contributed by atoms with Gasteiger partial charge in [0.05, 0.1) is 24.9 Å². The number of halogens is 3. The number of aromatic nitrogens is 2. The molecule has 0 saturated heterocycles. The number of carbonyl (C=O) groups is 2. The Morgan fingerprint density at radius 1 is 1.43 bits per heavy atom. The highest BCUT2D eigenvalue weighted by Crippen LogP contribution is 2.41. The van der Waals surface area contributed by atoms with Crippen molar-refractivity contribution in [2.75, 3.05) is 32.6 Å². The lowest BCUT2D eigenvalue weighted by molar-refractivity contribution is -0.126. The van der Waals surface area contributed by atoms with Gasteiger partial charge in [-0.3, -0.25) is 9.48 Å². The fourth-order valence-corrected chi connectivity index (χ4v) is 4.33. The Kier molecular flexibility index (Phi) is 8.34. The standard InChI is InChI=1S/C21H23F3N6O.C2H4O2/c1-26-10-13-4-6-21(23,24)19-16-12-29(7-5-18(16)28-30(19)11-13)20(31)27-15-2-3-17(22)14(8-15)9-25;1-4-2-3/h2-3,8,13,26H,4-7,10-12H2,1H3,(H,27,31);2H,1H3. The maximum Gasteiger partial charge on any atom is 0.322 e. The van der Waals surface area contributed by atoms with Gasteiger partial charge in [-0.05, 0) is 44.1 Å². The molecule has 1 unspecified atom stereocenters. The molecule has 9 nitrogen and oxygen atoms in total. The smallest absolute Gasteiger partial charge is 0.322 e. The van der Waals surface area contributed by atoms with Crippen molar-refractivity contribution in [1.82, 2.24) is 20.0 Å². The summed E-state index contributed by atoms with van der Waals surface area (Å²) in [5.74, 6) is -3.63. The fraction of sp³-hybridized carbons (Fsp3) is 0.478. The van der Waals surface area contributed by atoms with E-state index in [-0.39, 0.29) is 35.8 Å². The molecule has 12 heteroatoms. The van der Waals surface area contributed by atoms with Crippen LogP contribution in [0.25, 0.3) is 0 Å². The molecule has 2 amide bonds. The summed E-state index contributed by atoms with van der Waals surface area (Å²) in [6, 6.07) is 4.92. The average molecular weight is 493 g/mol. The SMILES string of the molecule is CNCC1CCC(F)(F)c2c3c(nn2C1)CCN(C(=O)Nc1ccc(F)c(C#N)c1)C3.COC=O. The first kappa shape index (κ1) is 26.0. The number of amides is 2. The minimum Gasteiger partial charge on any atom is -0.471 e. The number of anilines is 1. The third-order valence-electron chi connectivity index (χ3n) is 5.96. The molecular formula is C23H27F3N6O3. The number of ether oxygens (including phenoxy) is 1. The lowest BCUT2D eigenvalue weighted by Gasteiger charge is -2.28. The van der Waals surface area contributed by atoms with Gasteiger partial charge in [-0.1, -0.05) is 0 Å². The molecule has 2 N–H and O–H groups in total. The Morgan fingerprint density at radius 3 is 2.83 bits per heavy atom. The van der Waals surface area contributed by atoms with Crippen LogP contribution in [0.4, 0.5) is 23.7 Å². The summed E-state index contributed by atoms with van der Waals surface area (Å²) in [5, 5.41) is 19.1. The summed E-state index contributed by atoms with van der Waals surface area (Å²) in [4.78, 5) is 23.1. The van der Waals surface area contributed by atoms with E-state index in [0.717, 1.165) is 6.07 Å². The van der Waals surface area contributed by atoms with Crippen LogP contribution < -0.4 is 10.6 Å². The largest absolute Gasteiger partial charge is 0.471 e. The molecule has 0 spiro atoms. The van der Waals surface area contributed by atoms with Crippen molar-refractivity contribution >= 4 is 18.2 Å². The molecule has 2 aromatic rings. The number of nitriles is 1. The average Bonchev–Trinajstić information content (AvgIpc) is 3.16. The number of alkyl halides is 2. The first-order valence-electron chi connectivity index (χ1n) is 11.1. The van der Waals surface area contributed by atoms with Crippen LogP contribution in [0.15, 0.2) is 18.2 Å². The molecule has 0 aliphatic carbocycles. The molecule has 1 aromatic carbocycles. The lowest BCUT2D eigenvalue weighted by atomic mass is 9.98. The molecule has 2 aliphatic heterocycles. The van der Waals surface area contributed by atoms with E-state index in [9.17, 15) is 9.18 Å². The van der Waals surface area contributed by atoms with Gasteiger partial charge in [-0.25, -0.2) is 9.18 Å². The van der Waals surface area contributed by atoms with Crippen LogP contribution in [-0.2, 0) is 35.0 Å². The molecule has 0 saturated carbocycles. The van der Waals surface area contributed by atoms with Crippen molar-refractivity contribution in [1.29, 1.82) is 5.26 Å². The number of benzene rings is 1. The number of rotatable bonds is 4. The molecule has 0 bridgehead atoms. The van der Waals surface area contributed by atoms with Gasteiger partial charge in [0.1, 0.15) is 17.6 Å². The number of methoxy groups -OCH3 is 1. The third kappa shape index (κ3) is 5.92. The van der Waals surface area contributed by atoms with Gasteiger partial charge >= 0.3 is 6.03 Å². The third-order valence-corrected chi connectivity index (χ3v) is 5.96. The minimum absolute atomic E-state index is 0.0229. The summed E-state index contributed by atoms with van der Waals surface area (Å²) in [6.07, 6.45) is 0.514. The topological polar surface area (TPSA) is 112 Å². The molecule has 4 rings (SSSR count). The van der Waals surface area contributed by atoms with E-state index in [0.29, 0.717) is 50.2 Å². The molecular weight excluding hydrogens is 465 g/mol. The Morgan fingerprint density at radius 2 is 2.17 bits per heavy atom. The van der Waals surface area contributed by atoms with Crippen molar-refractivity contribution in [2.24, 2.45) is 5.92 Å². The van der Waals surface area contributed by atoms with Gasteiger partial charge < -0.3 is 20.3 Å². The zero-order valence-electron chi connectivity index (χ0n) is 19.5. The molecule has 35 heavy (non-hydrogen) atoms. The Bertz CT molecular complexity index is 1110.